The number of nitrogens with one attached hydrogen (secondary N) is 1. The van der Waals surface area contributed by atoms with Crippen molar-refractivity contribution in [2.24, 2.45) is 11.8 Å². The molecule has 1 aliphatic carbocycles. The Hall–Kier alpha value is -0.830. The zero-order valence-electron chi connectivity index (χ0n) is 12.6. The maximum Gasteiger partial charge on any atom is 0.251 e. The first-order chi connectivity index (χ1) is 9.50. The van der Waals surface area contributed by atoms with Gasteiger partial charge in [0.1, 0.15) is 0 Å². The van der Waals surface area contributed by atoms with Crippen LogP contribution in [0.5, 0.6) is 0 Å². The molecule has 2 atom stereocenters. The molecule has 3 heteroatoms. The minimum Gasteiger partial charge on any atom is -0.349 e. The van der Waals surface area contributed by atoms with Crippen molar-refractivity contribution in [3.63, 3.8) is 0 Å². The highest BCUT2D eigenvalue weighted by atomic mass is 79.9. The van der Waals surface area contributed by atoms with Crippen LogP contribution < -0.4 is 5.32 Å². The van der Waals surface area contributed by atoms with Crippen LogP contribution in [0.4, 0.5) is 0 Å². The van der Waals surface area contributed by atoms with Crippen LogP contribution in [0.1, 0.15) is 55.5 Å². The normalized spacial score (nSPS) is 22.9. The molecule has 1 aromatic rings. The third-order valence-electron chi connectivity index (χ3n) is 4.50. The molecule has 1 aliphatic rings. The Morgan fingerprint density at radius 2 is 2.00 bits per heavy atom. The molecule has 1 fully saturated rings. The SMILES string of the molecule is Cc1c(Br)cccc1C(=O)NC1CCCCC1C(C)C. The highest BCUT2D eigenvalue weighted by Crippen LogP contribution is 2.30. The number of carbonyl (C=O) groups is 1. The minimum atomic E-state index is 0.0707. The number of halogens is 1. The van der Waals surface area contributed by atoms with Crippen LogP contribution in [0, 0.1) is 18.8 Å². The summed E-state index contributed by atoms with van der Waals surface area (Å²) in [6.07, 6.45) is 4.87. The van der Waals surface area contributed by atoms with Gasteiger partial charge in [-0.25, -0.2) is 0 Å². The zero-order chi connectivity index (χ0) is 14.7. The van der Waals surface area contributed by atoms with Gasteiger partial charge in [0.25, 0.3) is 5.91 Å². The number of hydrogen-bond acceptors (Lipinski definition) is 1. The Morgan fingerprint density at radius 1 is 1.30 bits per heavy atom. The van der Waals surface area contributed by atoms with Crippen molar-refractivity contribution in [2.45, 2.75) is 52.5 Å². The Morgan fingerprint density at radius 3 is 2.70 bits per heavy atom. The lowest BCUT2D eigenvalue weighted by molar-refractivity contribution is 0.0888. The summed E-state index contributed by atoms with van der Waals surface area (Å²) in [6, 6.07) is 6.13. The van der Waals surface area contributed by atoms with Gasteiger partial charge in [-0.1, -0.05) is 48.7 Å². The summed E-state index contributed by atoms with van der Waals surface area (Å²) in [7, 11) is 0. The quantitative estimate of drug-likeness (QED) is 0.850. The molecule has 0 heterocycles. The largest absolute Gasteiger partial charge is 0.349 e. The number of hydrogen-bond donors (Lipinski definition) is 1. The standard InChI is InChI=1S/C17H24BrNO/c1-11(2)13-7-4-5-10-16(13)19-17(20)14-8-6-9-15(18)12(14)3/h6,8-9,11,13,16H,4-5,7,10H2,1-3H3,(H,19,20). The average molecular weight is 338 g/mol. The molecule has 2 rings (SSSR count). The van der Waals surface area contributed by atoms with E-state index in [-0.39, 0.29) is 5.91 Å². The molecule has 1 saturated carbocycles. The van der Waals surface area contributed by atoms with Crippen molar-refractivity contribution in [1.29, 1.82) is 0 Å². The Labute approximate surface area is 130 Å². The topological polar surface area (TPSA) is 29.1 Å². The number of amides is 1. The van der Waals surface area contributed by atoms with Crippen LogP contribution >= 0.6 is 15.9 Å². The first-order valence-corrected chi connectivity index (χ1v) is 8.36. The van der Waals surface area contributed by atoms with E-state index >= 15 is 0 Å². The average Bonchev–Trinajstić information content (AvgIpc) is 2.42. The van der Waals surface area contributed by atoms with Crippen molar-refractivity contribution in [1.82, 2.24) is 5.32 Å². The predicted octanol–water partition coefficient (Wildman–Crippen LogP) is 4.70. The van der Waals surface area contributed by atoms with Gasteiger partial charge in [-0.15, -0.1) is 0 Å². The first kappa shape index (κ1) is 15.6. The van der Waals surface area contributed by atoms with Gasteiger partial charge in [-0.2, -0.15) is 0 Å². The minimum absolute atomic E-state index is 0.0707. The van der Waals surface area contributed by atoms with E-state index in [9.17, 15) is 4.79 Å². The summed E-state index contributed by atoms with van der Waals surface area (Å²) in [5, 5.41) is 3.27. The fourth-order valence-corrected chi connectivity index (χ4v) is 3.60. The van der Waals surface area contributed by atoms with Crippen molar-refractivity contribution in [3.8, 4) is 0 Å². The highest BCUT2D eigenvalue weighted by molar-refractivity contribution is 9.10. The Balaban J connectivity index is 2.12. The van der Waals surface area contributed by atoms with Crippen molar-refractivity contribution in [3.05, 3.63) is 33.8 Å². The van der Waals surface area contributed by atoms with Gasteiger partial charge < -0.3 is 5.32 Å². The van der Waals surface area contributed by atoms with Crippen molar-refractivity contribution in [2.75, 3.05) is 0 Å². The molecule has 0 radical (unpaired) electrons. The van der Waals surface area contributed by atoms with Crippen LogP contribution in [0.25, 0.3) is 0 Å². The van der Waals surface area contributed by atoms with Gasteiger partial charge in [0.05, 0.1) is 0 Å². The predicted molar refractivity (Wildman–Crippen MR) is 86.9 cm³/mol. The van der Waals surface area contributed by atoms with E-state index in [0.29, 0.717) is 17.9 Å². The van der Waals surface area contributed by atoms with Gasteiger partial charge in [-0.05, 0) is 49.3 Å². The summed E-state index contributed by atoms with van der Waals surface area (Å²) in [5.74, 6) is 1.31. The summed E-state index contributed by atoms with van der Waals surface area (Å²) in [5.41, 5.74) is 1.80. The molecule has 2 nitrogen and oxygen atoms in total. The van der Waals surface area contributed by atoms with Gasteiger partial charge >= 0.3 is 0 Å². The van der Waals surface area contributed by atoms with Crippen LogP contribution in [0.3, 0.4) is 0 Å². The zero-order valence-corrected chi connectivity index (χ0v) is 14.2. The Bertz CT molecular complexity index is 484. The molecular formula is C17H24BrNO. The Kier molecular flexibility index (Phi) is 5.25. The molecule has 1 amide bonds. The summed E-state index contributed by atoms with van der Waals surface area (Å²) in [4.78, 5) is 12.5. The summed E-state index contributed by atoms with van der Waals surface area (Å²) in [6.45, 7) is 6.51. The summed E-state index contributed by atoms with van der Waals surface area (Å²) < 4.78 is 0.995. The monoisotopic (exact) mass is 337 g/mol. The van der Waals surface area contributed by atoms with E-state index in [4.69, 9.17) is 0 Å². The van der Waals surface area contributed by atoms with Gasteiger partial charge in [0.2, 0.25) is 0 Å². The lowest BCUT2D eigenvalue weighted by Gasteiger charge is -2.35. The molecule has 0 aromatic heterocycles. The molecule has 0 spiro atoms. The molecule has 20 heavy (non-hydrogen) atoms. The van der Waals surface area contributed by atoms with Gasteiger partial charge in [0, 0.05) is 16.1 Å². The van der Waals surface area contributed by atoms with Crippen LogP contribution in [-0.2, 0) is 0 Å². The first-order valence-electron chi connectivity index (χ1n) is 7.56. The molecule has 1 aromatic carbocycles. The van der Waals surface area contributed by atoms with E-state index in [1.165, 1.54) is 19.3 Å². The fourth-order valence-electron chi connectivity index (χ4n) is 3.24. The lowest BCUT2D eigenvalue weighted by atomic mass is 9.77. The second-order valence-corrected chi connectivity index (χ2v) is 7.04. The van der Waals surface area contributed by atoms with Gasteiger partial charge in [-0.3, -0.25) is 4.79 Å². The maximum atomic E-state index is 12.5. The van der Waals surface area contributed by atoms with Crippen LogP contribution in [0.2, 0.25) is 0 Å². The molecule has 0 saturated heterocycles. The maximum absolute atomic E-state index is 12.5. The van der Waals surface area contributed by atoms with E-state index in [2.05, 4.69) is 35.1 Å². The second-order valence-electron chi connectivity index (χ2n) is 6.18. The molecule has 2 unspecified atom stereocenters. The van der Waals surface area contributed by atoms with Crippen molar-refractivity contribution < 1.29 is 4.79 Å². The molecule has 0 aliphatic heterocycles. The number of benzene rings is 1. The van der Waals surface area contributed by atoms with Crippen molar-refractivity contribution >= 4 is 21.8 Å². The summed E-state index contributed by atoms with van der Waals surface area (Å²) >= 11 is 3.49. The smallest absolute Gasteiger partial charge is 0.251 e. The van der Waals surface area contributed by atoms with E-state index in [0.717, 1.165) is 22.0 Å². The third-order valence-corrected chi connectivity index (χ3v) is 5.36. The lowest BCUT2D eigenvalue weighted by Crippen LogP contribution is -2.44. The van der Waals surface area contributed by atoms with Crippen LogP contribution in [-0.4, -0.2) is 11.9 Å². The van der Waals surface area contributed by atoms with E-state index in [1.807, 2.05) is 25.1 Å². The highest BCUT2D eigenvalue weighted by Gasteiger charge is 2.29. The third kappa shape index (κ3) is 3.43. The number of rotatable bonds is 3. The van der Waals surface area contributed by atoms with Crippen LogP contribution in [0.15, 0.2) is 22.7 Å². The molecule has 110 valence electrons. The molecular weight excluding hydrogens is 314 g/mol. The fraction of sp³-hybridized carbons (Fsp3) is 0.588. The molecule has 1 N–H and O–H groups in total. The number of carbonyl (C=O) groups excluding carboxylic acids is 1. The van der Waals surface area contributed by atoms with E-state index < -0.39 is 0 Å². The molecule has 0 bridgehead atoms. The van der Waals surface area contributed by atoms with E-state index in [1.54, 1.807) is 0 Å². The van der Waals surface area contributed by atoms with Gasteiger partial charge in [0.15, 0.2) is 0 Å². The second kappa shape index (κ2) is 6.75.